The van der Waals surface area contributed by atoms with Gasteiger partial charge in [-0.3, -0.25) is 0 Å². The van der Waals surface area contributed by atoms with Crippen molar-refractivity contribution in [1.82, 2.24) is 14.8 Å². The quantitative estimate of drug-likeness (QED) is 0.218. The second-order valence-corrected chi connectivity index (χ2v) is 9.22. The van der Waals surface area contributed by atoms with Crippen molar-refractivity contribution in [3.63, 3.8) is 0 Å². The fraction of sp³-hybridized carbons (Fsp3) is 0.560. The number of unbranched alkanes of at least 4 members (excludes halogenated alkanes) is 3. The molecule has 1 aromatic heterocycles. The number of benzene rings is 1. The zero-order chi connectivity index (χ0) is 23.6. The van der Waals surface area contributed by atoms with Crippen LogP contribution in [0.4, 0.5) is 5.95 Å². The lowest BCUT2D eigenvalue weighted by atomic mass is 9.95. The number of allylic oxidation sites excluding steroid dienone is 1. The molecule has 0 amide bonds. The van der Waals surface area contributed by atoms with Crippen LogP contribution in [-0.2, 0) is 9.53 Å². The predicted molar refractivity (Wildman–Crippen MR) is 133 cm³/mol. The number of nitrogens with zero attached hydrogens (tertiary/aromatic N) is 3. The topological polar surface area (TPSA) is 78.3 Å². The molecule has 1 atom stereocenters. The molecule has 0 radical (unpaired) electrons. The molecule has 0 aliphatic carbocycles. The molecule has 0 bridgehead atoms. The first-order valence-electron chi connectivity index (χ1n) is 12.1. The van der Waals surface area contributed by atoms with Gasteiger partial charge in [0.25, 0.3) is 0 Å². The zero-order valence-electron chi connectivity index (χ0n) is 20.2. The van der Waals surface area contributed by atoms with Crippen molar-refractivity contribution >= 4 is 23.7 Å². The molecule has 1 aromatic carbocycles. The predicted octanol–water partition coefficient (Wildman–Crippen LogP) is 5.98. The number of fused-ring (bicyclic) bond motifs is 1. The van der Waals surface area contributed by atoms with Crippen molar-refractivity contribution in [2.75, 3.05) is 24.3 Å². The van der Waals surface area contributed by atoms with Crippen molar-refractivity contribution in [2.45, 2.75) is 77.4 Å². The van der Waals surface area contributed by atoms with Crippen molar-refractivity contribution < 1.29 is 14.3 Å². The summed E-state index contributed by atoms with van der Waals surface area (Å²) < 4.78 is 13.6. The van der Waals surface area contributed by atoms with Gasteiger partial charge in [0.05, 0.1) is 18.8 Å². The lowest BCUT2D eigenvalue weighted by molar-refractivity contribution is -0.139. The van der Waals surface area contributed by atoms with Gasteiger partial charge in [-0.1, -0.05) is 70.0 Å². The monoisotopic (exact) mass is 472 g/mol. The molecule has 8 heteroatoms. The maximum Gasteiger partial charge on any atom is 0.338 e. The smallest absolute Gasteiger partial charge is 0.338 e. The van der Waals surface area contributed by atoms with E-state index in [1.807, 2.05) is 31.2 Å². The highest BCUT2D eigenvalue weighted by molar-refractivity contribution is 7.99. The van der Waals surface area contributed by atoms with Gasteiger partial charge in [0.1, 0.15) is 11.8 Å². The summed E-state index contributed by atoms with van der Waals surface area (Å²) in [7, 11) is 0. The number of rotatable bonds is 13. The van der Waals surface area contributed by atoms with E-state index in [1.165, 1.54) is 0 Å². The summed E-state index contributed by atoms with van der Waals surface area (Å²) in [6.07, 6.45) is 6.04. The number of esters is 1. The molecule has 0 saturated heterocycles. The molecule has 180 valence electrons. The minimum absolute atomic E-state index is 0.330. The van der Waals surface area contributed by atoms with E-state index in [9.17, 15) is 4.79 Å². The molecule has 0 spiro atoms. The highest BCUT2D eigenvalue weighted by Gasteiger charge is 2.36. The van der Waals surface area contributed by atoms with Crippen LogP contribution in [0.15, 0.2) is 40.7 Å². The summed E-state index contributed by atoms with van der Waals surface area (Å²) in [5, 5.41) is 8.77. The van der Waals surface area contributed by atoms with Crippen LogP contribution in [0.5, 0.6) is 5.75 Å². The lowest BCUT2D eigenvalue weighted by Gasteiger charge is -2.29. The second-order valence-electron chi connectivity index (χ2n) is 8.16. The molecule has 0 fully saturated rings. The van der Waals surface area contributed by atoms with E-state index in [0.29, 0.717) is 29.9 Å². The Morgan fingerprint density at radius 3 is 2.58 bits per heavy atom. The Hall–Kier alpha value is -2.48. The van der Waals surface area contributed by atoms with E-state index in [0.717, 1.165) is 61.3 Å². The molecular weight excluding hydrogens is 436 g/mol. The lowest BCUT2D eigenvalue weighted by Crippen LogP contribution is -2.30. The normalized spacial score (nSPS) is 15.2. The molecule has 33 heavy (non-hydrogen) atoms. The molecule has 3 rings (SSSR count). The SMILES string of the molecule is CCCCOC(=O)C1=C(C)Nc2nc(SCCCC)nn2C1c1ccccc1OCCCC. The van der Waals surface area contributed by atoms with Gasteiger partial charge < -0.3 is 14.8 Å². The van der Waals surface area contributed by atoms with Gasteiger partial charge in [-0.15, -0.1) is 5.10 Å². The fourth-order valence-electron chi connectivity index (χ4n) is 3.60. The van der Waals surface area contributed by atoms with Gasteiger partial charge in [-0.25, -0.2) is 9.48 Å². The van der Waals surface area contributed by atoms with Crippen molar-refractivity contribution in [3.8, 4) is 5.75 Å². The van der Waals surface area contributed by atoms with Crippen LogP contribution in [-0.4, -0.2) is 39.7 Å². The molecule has 1 aliphatic heterocycles. The summed E-state index contributed by atoms with van der Waals surface area (Å²) >= 11 is 1.64. The maximum absolute atomic E-state index is 13.2. The van der Waals surface area contributed by atoms with Crippen LogP contribution >= 0.6 is 11.8 Å². The fourth-order valence-corrected chi connectivity index (χ4v) is 4.52. The Balaban J connectivity index is 2.01. The summed E-state index contributed by atoms with van der Waals surface area (Å²) in [4.78, 5) is 17.9. The highest BCUT2D eigenvalue weighted by Crippen LogP contribution is 2.40. The third-order valence-corrected chi connectivity index (χ3v) is 6.41. The number of carbonyl (C=O) groups excluding carboxylic acids is 1. The van der Waals surface area contributed by atoms with E-state index in [2.05, 4.69) is 26.1 Å². The number of anilines is 1. The van der Waals surface area contributed by atoms with Crippen LogP contribution in [0.3, 0.4) is 0 Å². The molecule has 0 saturated carbocycles. The number of thioether (sulfide) groups is 1. The largest absolute Gasteiger partial charge is 0.493 e. The number of hydrogen-bond donors (Lipinski definition) is 1. The summed E-state index contributed by atoms with van der Waals surface area (Å²) in [6.45, 7) is 9.30. The van der Waals surface area contributed by atoms with Crippen LogP contribution in [0, 0.1) is 0 Å². The number of ether oxygens (including phenoxy) is 2. The Labute approximate surface area is 201 Å². The number of nitrogens with one attached hydrogen (secondary N) is 1. The average Bonchev–Trinajstić information content (AvgIpc) is 3.21. The van der Waals surface area contributed by atoms with E-state index in [-0.39, 0.29) is 5.97 Å². The van der Waals surface area contributed by atoms with Gasteiger partial charge in [0, 0.05) is 17.0 Å². The third-order valence-electron chi connectivity index (χ3n) is 5.48. The molecule has 7 nitrogen and oxygen atoms in total. The number of para-hydroxylation sites is 1. The number of carbonyl (C=O) groups is 1. The molecule has 2 heterocycles. The summed E-state index contributed by atoms with van der Waals surface area (Å²) in [5.74, 6) is 2.01. The Morgan fingerprint density at radius 2 is 1.82 bits per heavy atom. The molecule has 1 aliphatic rings. The molecule has 2 aromatic rings. The van der Waals surface area contributed by atoms with Gasteiger partial charge in [0.2, 0.25) is 11.1 Å². The minimum Gasteiger partial charge on any atom is -0.493 e. The first kappa shape index (κ1) is 25.1. The van der Waals surface area contributed by atoms with Gasteiger partial charge in [0.15, 0.2) is 0 Å². The van der Waals surface area contributed by atoms with E-state index >= 15 is 0 Å². The van der Waals surface area contributed by atoms with Gasteiger partial charge in [-0.05, 0) is 32.3 Å². The maximum atomic E-state index is 13.2. The van der Waals surface area contributed by atoms with Crippen molar-refractivity contribution in [3.05, 3.63) is 41.1 Å². The summed E-state index contributed by atoms with van der Waals surface area (Å²) in [6, 6.07) is 7.40. The van der Waals surface area contributed by atoms with Crippen LogP contribution < -0.4 is 10.1 Å². The number of hydrogen-bond acceptors (Lipinski definition) is 7. The highest BCUT2D eigenvalue weighted by atomic mass is 32.2. The van der Waals surface area contributed by atoms with E-state index < -0.39 is 6.04 Å². The van der Waals surface area contributed by atoms with Crippen LogP contribution in [0.1, 0.15) is 77.8 Å². The zero-order valence-corrected chi connectivity index (χ0v) is 21.0. The van der Waals surface area contributed by atoms with Crippen LogP contribution in [0.25, 0.3) is 0 Å². The minimum atomic E-state index is -0.471. The molecular formula is C25H36N4O3S. The van der Waals surface area contributed by atoms with E-state index in [4.69, 9.17) is 19.6 Å². The van der Waals surface area contributed by atoms with Gasteiger partial charge in [-0.2, -0.15) is 4.98 Å². The van der Waals surface area contributed by atoms with Gasteiger partial charge >= 0.3 is 5.97 Å². The second kappa shape index (κ2) is 12.7. The van der Waals surface area contributed by atoms with E-state index in [1.54, 1.807) is 16.4 Å². The summed E-state index contributed by atoms with van der Waals surface area (Å²) in [5.41, 5.74) is 2.16. The Bertz CT molecular complexity index is 957. The van der Waals surface area contributed by atoms with Crippen LogP contribution in [0.2, 0.25) is 0 Å². The Morgan fingerprint density at radius 1 is 1.09 bits per heavy atom. The first-order valence-corrected chi connectivity index (χ1v) is 13.0. The standard InChI is InChI=1S/C25H36N4O3S/c1-5-8-15-31-20-14-12-11-13-19(20)22-21(23(30)32-16-9-6-2)18(4)26-24-27-25(28-29(22)24)33-17-10-7-3/h11-14,22H,5-10,15-17H2,1-4H3,(H,26,27,28). The van der Waals surface area contributed by atoms with Crippen molar-refractivity contribution in [1.29, 1.82) is 0 Å². The average molecular weight is 473 g/mol. The first-order chi connectivity index (χ1) is 16.1. The molecule has 1 N–H and O–H groups in total. The Kier molecular flexibility index (Phi) is 9.66. The molecule has 1 unspecified atom stereocenters. The van der Waals surface area contributed by atoms with Crippen molar-refractivity contribution in [2.24, 2.45) is 0 Å². The third kappa shape index (κ3) is 6.31. The number of aromatic nitrogens is 3.